The van der Waals surface area contributed by atoms with E-state index in [4.69, 9.17) is 0 Å². The van der Waals surface area contributed by atoms with Crippen molar-refractivity contribution in [1.82, 2.24) is 10.6 Å². The van der Waals surface area contributed by atoms with Gasteiger partial charge >= 0.3 is 0 Å². The minimum Gasteiger partial charge on any atom is -0.392 e. The summed E-state index contributed by atoms with van der Waals surface area (Å²) in [5, 5.41) is 16.7. The first-order chi connectivity index (χ1) is 11.7. The summed E-state index contributed by atoms with van der Waals surface area (Å²) in [6.07, 6.45) is 9.94. The molecule has 2 rings (SSSR count). The summed E-state index contributed by atoms with van der Waals surface area (Å²) < 4.78 is 0. The molecule has 24 heavy (non-hydrogen) atoms. The zero-order chi connectivity index (χ0) is 17.2. The Morgan fingerprint density at radius 3 is 2.54 bits per heavy atom. The molecule has 2 unspecified atom stereocenters. The SMILES string of the molecule is CNCC(O)CCc1ccccc1CNC(C)CC1CCCCC1. The Balaban J connectivity index is 1.78. The molecule has 1 aliphatic carbocycles. The smallest absolute Gasteiger partial charge is 0.0667 e. The maximum absolute atomic E-state index is 9.92. The maximum atomic E-state index is 9.92. The Bertz CT molecular complexity index is 457. The molecular formula is C21H36N2O. The Labute approximate surface area is 148 Å². The van der Waals surface area contributed by atoms with Gasteiger partial charge in [-0.25, -0.2) is 0 Å². The summed E-state index contributed by atoms with van der Waals surface area (Å²) in [5.74, 6) is 0.924. The number of aryl methyl sites for hydroxylation is 1. The molecule has 0 spiro atoms. The van der Waals surface area contributed by atoms with E-state index in [1.807, 2.05) is 7.05 Å². The first kappa shape index (κ1) is 19.4. The predicted octanol–water partition coefficient (Wildman–Crippen LogP) is 3.65. The minimum absolute atomic E-state index is 0.263. The Morgan fingerprint density at radius 2 is 1.83 bits per heavy atom. The van der Waals surface area contributed by atoms with E-state index in [0.717, 1.165) is 25.3 Å². The number of aliphatic hydroxyl groups excluding tert-OH is 1. The van der Waals surface area contributed by atoms with Crippen molar-refractivity contribution in [2.45, 2.75) is 77.0 Å². The highest BCUT2D eigenvalue weighted by molar-refractivity contribution is 5.27. The van der Waals surface area contributed by atoms with Gasteiger partial charge in [0.2, 0.25) is 0 Å². The Morgan fingerprint density at radius 1 is 1.12 bits per heavy atom. The predicted molar refractivity (Wildman–Crippen MR) is 102 cm³/mol. The zero-order valence-corrected chi connectivity index (χ0v) is 15.6. The largest absolute Gasteiger partial charge is 0.392 e. The van der Waals surface area contributed by atoms with E-state index < -0.39 is 0 Å². The zero-order valence-electron chi connectivity index (χ0n) is 15.6. The molecule has 0 amide bonds. The van der Waals surface area contributed by atoms with E-state index in [2.05, 4.69) is 41.8 Å². The summed E-state index contributed by atoms with van der Waals surface area (Å²) in [4.78, 5) is 0. The van der Waals surface area contributed by atoms with Crippen molar-refractivity contribution in [3.8, 4) is 0 Å². The maximum Gasteiger partial charge on any atom is 0.0667 e. The molecule has 1 saturated carbocycles. The van der Waals surface area contributed by atoms with Crippen LogP contribution in [-0.4, -0.2) is 30.8 Å². The Hall–Kier alpha value is -0.900. The average Bonchev–Trinajstić information content (AvgIpc) is 2.60. The molecule has 0 aromatic heterocycles. The number of benzene rings is 1. The van der Waals surface area contributed by atoms with Gasteiger partial charge in [-0.2, -0.15) is 0 Å². The normalized spacial score (nSPS) is 18.5. The monoisotopic (exact) mass is 332 g/mol. The standard InChI is InChI=1S/C21H36N2O/c1-17(14-18-8-4-3-5-9-18)23-15-20-11-7-6-10-19(20)12-13-21(24)16-22-2/h6-7,10-11,17-18,21-24H,3-5,8-9,12-16H2,1-2H3. The first-order valence-electron chi connectivity index (χ1n) is 9.82. The van der Waals surface area contributed by atoms with Gasteiger partial charge in [0.25, 0.3) is 0 Å². The van der Waals surface area contributed by atoms with Gasteiger partial charge in [-0.1, -0.05) is 56.4 Å². The molecule has 0 saturated heterocycles. The Kier molecular flexibility index (Phi) is 8.79. The van der Waals surface area contributed by atoms with E-state index in [1.165, 1.54) is 49.7 Å². The quantitative estimate of drug-likeness (QED) is 0.613. The van der Waals surface area contributed by atoms with Crippen LogP contribution in [0, 0.1) is 5.92 Å². The molecule has 0 radical (unpaired) electrons. The topological polar surface area (TPSA) is 44.3 Å². The molecule has 1 fully saturated rings. The lowest BCUT2D eigenvalue weighted by Crippen LogP contribution is -2.29. The van der Waals surface area contributed by atoms with Crippen molar-refractivity contribution >= 4 is 0 Å². The third-order valence-corrected chi connectivity index (χ3v) is 5.36. The first-order valence-corrected chi connectivity index (χ1v) is 9.82. The van der Waals surface area contributed by atoms with Gasteiger partial charge in [-0.3, -0.25) is 0 Å². The van der Waals surface area contributed by atoms with Crippen LogP contribution in [0.5, 0.6) is 0 Å². The summed E-state index contributed by atoms with van der Waals surface area (Å²) in [6.45, 7) is 3.93. The van der Waals surface area contributed by atoms with Crippen LogP contribution >= 0.6 is 0 Å². The number of nitrogens with one attached hydrogen (secondary N) is 2. The van der Waals surface area contributed by atoms with Crippen LogP contribution in [0.25, 0.3) is 0 Å². The molecule has 0 bridgehead atoms. The molecule has 1 aliphatic rings. The van der Waals surface area contributed by atoms with E-state index in [1.54, 1.807) is 0 Å². The van der Waals surface area contributed by atoms with Crippen LogP contribution in [0.1, 0.15) is 63.0 Å². The van der Waals surface area contributed by atoms with Crippen molar-refractivity contribution in [3.05, 3.63) is 35.4 Å². The highest BCUT2D eigenvalue weighted by Gasteiger charge is 2.16. The number of rotatable bonds is 10. The molecule has 3 nitrogen and oxygen atoms in total. The fourth-order valence-corrected chi connectivity index (χ4v) is 3.92. The third-order valence-electron chi connectivity index (χ3n) is 5.36. The molecule has 136 valence electrons. The van der Waals surface area contributed by atoms with Crippen molar-refractivity contribution in [2.75, 3.05) is 13.6 Å². The van der Waals surface area contributed by atoms with Crippen LogP contribution in [0.4, 0.5) is 0 Å². The second-order valence-corrected chi connectivity index (χ2v) is 7.54. The van der Waals surface area contributed by atoms with Crippen molar-refractivity contribution in [1.29, 1.82) is 0 Å². The molecule has 3 N–H and O–H groups in total. The highest BCUT2D eigenvalue weighted by Crippen LogP contribution is 2.27. The number of likely N-dealkylation sites (N-methyl/N-ethyl adjacent to an activating group) is 1. The number of aliphatic hydroxyl groups is 1. The van der Waals surface area contributed by atoms with Gasteiger partial charge < -0.3 is 15.7 Å². The lowest BCUT2D eigenvalue weighted by molar-refractivity contribution is 0.164. The molecule has 1 aromatic carbocycles. The van der Waals surface area contributed by atoms with Crippen LogP contribution < -0.4 is 10.6 Å². The minimum atomic E-state index is -0.263. The number of hydrogen-bond donors (Lipinski definition) is 3. The summed E-state index contributed by atoms with van der Waals surface area (Å²) in [7, 11) is 1.88. The molecule has 0 heterocycles. The van der Waals surface area contributed by atoms with Crippen LogP contribution in [-0.2, 0) is 13.0 Å². The third kappa shape index (κ3) is 6.92. The molecule has 3 heteroatoms. The fourth-order valence-electron chi connectivity index (χ4n) is 3.92. The van der Waals surface area contributed by atoms with Gasteiger partial charge in [0.1, 0.15) is 0 Å². The molecule has 0 aliphatic heterocycles. The summed E-state index contributed by atoms with van der Waals surface area (Å²) in [6, 6.07) is 9.23. The lowest BCUT2D eigenvalue weighted by atomic mass is 9.85. The van der Waals surface area contributed by atoms with E-state index >= 15 is 0 Å². The van der Waals surface area contributed by atoms with Crippen LogP contribution in [0.15, 0.2) is 24.3 Å². The second kappa shape index (κ2) is 10.9. The highest BCUT2D eigenvalue weighted by atomic mass is 16.3. The van der Waals surface area contributed by atoms with E-state index in [0.29, 0.717) is 12.6 Å². The summed E-state index contributed by atoms with van der Waals surface area (Å²) in [5.41, 5.74) is 2.75. The average molecular weight is 333 g/mol. The van der Waals surface area contributed by atoms with Gasteiger partial charge in [-0.05, 0) is 50.3 Å². The lowest BCUT2D eigenvalue weighted by Gasteiger charge is -2.25. The van der Waals surface area contributed by atoms with Crippen molar-refractivity contribution < 1.29 is 5.11 Å². The van der Waals surface area contributed by atoms with Gasteiger partial charge in [0.05, 0.1) is 6.10 Å². The molecular weight excluding hydrogens is 296 g/mol. The van der Waals surface area contributed by atoms with Crippen LogP contribution in [0.3, 0.4) is 0 Å². The number of hydrogen-bond acceptors (Lipinski definition) is 3. The van der Waals surface area contributed by atoms with Crippen LogP contribution in [0.2, 0.25) is 0 Å². The van der Waals surface area contributed by atoms with Gasteiger partial charge in [-0.15, -0.1) is 0 Å². The van der Waals surface area contributed by atoms with Gasteiger partial charge in [0, 0.05) is 19.1 Å². The van der Waals surface area contributed by atoms with Gasteiger partial charge in [0.15, 0.2) is 0 Å². The van der Waals surface area contributed by atoms with E-state index in [9.17, 15) is 5.11 Å². The van der Waals surface area contributed by atoms with E-state index in [-0.39, 0.29) is 6.10 Å². The van der Waals surface area contributed by atoms with Crippen molar-refractivity contribution in [2.24, 2.45) is 5.92 Å². The summed E-state index contributed by atoms with van der Waals surface area (Å²) >= 11 is 0. The van der Waals surface area contributed by atoms with Crippen molar-refractivity contribution in [3.63, 3.8) is 0 Å². The molecule has 1 aromatic rings. The molecule has 2 atom stereocenters. The fraction of sp³-hybridized carbons (Fsp3) is 0.714. The second-order valence-electron chi connectivity index (χ2n) is 7.54.